The van der Waals surface area contributed by atoms with Crippen molar-refractivity contribution in [2.75, 3.05) is 6.61 Å². The summed E-state index contributed by atoms with van der Waals surface area (Å²) in [5.41, 5.74) is 5.61. The normalized spacial score (nSPS) is 10.1. The van der Waals surface area contributed by atoms with E-state index in [1.165, 1.54) is 24.3 Å². The second-order valence-electron chi connectivity index (χ2n) is 5.21. The van der Waals surface area contributed by atoms with Crippen LogP contribution in [0, 0.1) is 10.1 Å². The minimum absolute atomic E-state index is 0.126. The smallest absolute Gasteiger partial charge is 0.276 e. The number of halogens is 1. The third kappa shape index (κ3) is 5.28. The van der Waals surface area contributed by atoms with Crippen molar-refractivity contribution in [1.82, 2.24) is 10.9 Å². The summed E-state index contributed by atoms with van der Waals surface area (Å²) in [4.78, 5) is 33.7. The van der Waals surface area contributed by atoms with Crippen LogP contribution in [0.3, 0.4) is 0 Å². The molecule has 8 nitrogen and oxygen atoms in total. The van der Waals surface area contributed by atoms with Crippen LogP contribution in [-0.2, 0) is 11.2 Å². The molecule has 26 heavy (non-hydrogen) atoms. The number of benzene rings is 2. The molecule has 0 heterocycles. The highest BCUT2D eigenvalue weighted by Crippen LogP contribution is 2.26. The van der Waals surface area contributed by atoms with Crippen molar-refractivity contribution in [1.29, 1.82) is 0 Å². The van der Waals surface area contributed by atoms with E-state index in [0.29, 0.717) is 5.75 Å². The minimum Gasteiger partial charge on any atom is -0.483 e. The van der Waals surface area contributed by atoms with E-state index >= 15 is 0 Å². The zero-order valence-corrected chi connectivity index (χ0v) is 15.4. The highest BCUT2D eigenvalue weighted by Gasteiger charge is 2.11. The number of carbonyl (C=O) groups is 2. The fourth-order valence-electron chi connectivity index (χ4n) is 1.99. The lowest BCUT2D eigenvalue weighted by molar-refractivity contribution is -0.384. The van der Waals surface area contributed by atoms with Gasteiger partial charge in [-0.05, 0) is 52.2 Å². The van der Waals surface area contributed by atoms with Gasteiger partial charge in [-0.1, -0.05) is 13.0 Å². The number of rotatable bonds is 6. The molecule has 2 aromatic carbocycles. The topological polar surface area (TPSA) is 111 Å². The number of amides is 2. The Morgan fingerprint density at radius 1 is 1.15 bits per heavy atom. The Kier molecular flexibility index (Phi) is 6.67. The van der Waals surface area contributed by atoms with E-state index < -0.39 is 16.7 Å². The first-order chi connectivity index (χ1) is 12.4. The molecule has 2 N–H and O–H groups in total. The van der Waals surface area contributed by atoms with E-state index in [4.69, 9.17) is 4.74 Å². The maximum atomic E-state index is 11.9. The van der Waals surface area contributed by atoms with Gasteiger partial charge in [0.15, 0.2) is 6.61 Å². The molecular formula is C17H16BrN3O5. The lowest BCUT2D eigenvalue weighted by atomic mass is 10.2. The number of nitrogens with zero attached hydrogens (tertiary/aromatic N) is 1. The molecule has 0 aliphatic heterocycles. The number of carbonyl (C=O) groups excluding carboxylic acids is 2. The Balaban J connectivity index is 1.82. The number of non-ortho nitro benzene ring substituents is 1. The molecule has 2 rings (SSSR count). The van der Waals surface area contributed by atoms with Gasteiger partial charge in [-0.15, -0.1) is 0 Å². The predicted octanol–water partition coefficient (Wildman–Crippen LogP) is 2.76. The number of nitro benzene ring substituents is 1. The highest BCUT2D eigenvalue weighted by atomic mass is 79.9. The molecule has 0 aliphatic carbocycles. The van der Waals surface area contributed by atoms with Crippen molar-refractivity contribution >= 4 is 33.4 Å². The van der Waals surface area contributed by atoms with E-state index in [1.807, 2.05) is 19.1 Å². The first-order valence-corrected chi connectivity index (χ1v) is 8.45. The Morgan fingerprint density at radius 2 is 1.85 bits per heavy atom. The molecule has 0 unspecified atom stereocenters. The summed E-state index contributed by atoms with van der Waals surface area (Å²) in [6.07, 6.45) is 0.883. The van der Waals surface area contributed by atoms with Crippen LogP contribution < -0.4 is 15.6 Å². The Labute approximate surface area is 157 Å². The number of aryl methyl sites for hydroxylation is 1. The maximum absolute atomic E-state index is 11.9. The van der Waals surface area contributed by atoms with Crippen molar-refractivity contribution < 1.29 is 19.2 Å². The summed E-state index contributed by atoms with van der Waals surface area (Å²) in [6, 6.07) is 10.6. The number of ether oxygens (including phenoxy) is 1. The summed E-state index contributed by atoms with van der Waals surface area (Å²) < 4.78 is 6.13. The first-order valence-electron chi connectivity index (χ1n) is 7.65. The second kappa shape index (κ2) is 8.95. The van der Waals surface area contributed by atoms with Gasteiger partial charge in [-0.3, -0.25) is 30.6 Å². The second-order valence-corrected chi connectivity index (χ2v) is 6.07. The molecule has 0 fully saturated rings. The zero-order valence-electron chi connectivity index (χ0n) is 13.8. The highest BCUT2D eigenvalue weighted by molar-refractivity contribution is 9.10. The molecule has 0 spiro atoms. The third-order valence-corrected chi connectivity index (χ3v) is 4.04. The number of nitro groups is 1. The number of hydrogen-bond acceptors (Lipinski definition) is 5. The van der Waals surface area contributed by atoms with Gasteiger partial charge in [0.25, 0.3) is 17.5 Å². The average Bonchev–Trinajstić information content (AvgIpc) is 2.65. The van der Waals surface area contributed by atoms with Crippen molar-refractivity contribution in [3.05, 3.63) is 68.2 Å². The van der Waals surface area contributed by atoms with Gasteiger partial charge in [-0.2, -0.15) is 0 Å². The van der Waals surface area contributed by atoms with Crippen LogP contribution in [0.4, 0.5) is 5.69 Å². The van der Waals surface area contributed by atoms with E-state index in [9.17, 15) is 19.7 Å². The van der Waals surface area contributed by atoms with Crippen molar-refractivity contribution in [2.24, 2.45) is 0 Å². The van der Waals surface area contributed by atoms with Gasteiger partial charge in [0.1, 0.15) is 5.75 Å². The van der Waals surface area contributed by atoms with Gasteiger partial charge in [-0.25, -0.2) is 0 Å². The Bertz CT molecular complexity index is 824. The van der Waals surface area contributed by atoms with E-state index in [-0.39, 0.29) is 17.9 Å². The largest absolute Gasteiger partial charge is 0.483 e. The lowest BCUT2D eigenvalue weighted by Crippen LogP contribution is -2.43. The predicted molar refractivity (Wildman–Crippen MR) is 97.7 cm³/mol. The van der Waals surface area contributed by atoms with Crippen LogP contribution in [0.25, 0.3) is 0 Å². The van der Waals surface area contributed by atoms with Crippen LogP contribution >= 0.6 is 15.9 Å². The Morgan fingerprint density at radius 3 is 2.42 bits per heavy atom. The van der Waals surface area contributed by atoms with Gasteiger partial charge >= 0.3 is 0 Å². The van der Waals surface area contributed by atoms with Crippen LogP contribution in [0.5, 0.6) is 5.75 Å². The molecule has 0 radical (unpaired) electrons. The molecule has 0 aliphatic rings. The van der Waals surface area contributed by atoms with Crippen molar-refractivity contribution in [3.8, 4) is 5.75 Å². The molecule has 2 amide bonds. The molecule has 9 heteroatoms. The molecule has 2 aromatic rings. The third-order valence-electron chi connectivity index (χ3n) is 3.42. The molecule has 0 saturated carbocycles. The van der Waals surface area contributed by atoms with Crippen LogP contribution in [0.1, 0.15) is 22.8 Å². The average molecular weight is 422 g/mol. The van der Waals surface area contributed by atoms with Crippen LogP contribution in [0.15, 0.2) is 46.9 Å². The maximum Gasteiger partial charge on any atom is 0.276 e. The molecule has 0 aromatic heterocycles. The monoisotopic (exact) mass is 421 g/mol. The van der Waals surface area contributed by atoms with E-state index in [2.05, 4.69) is 26.8 Å². The van der Waals surface area contributed by atoms with Crippen molar-refractivity contribution in [2.45, 2.75) is 13.3 Å². The number of hydrazine groups is 1. The van der Waals surface area contributed by atoms with Gasteiger partial charge in [0.05, 0.1) is 9.40 Å². The summed E-state index contributed by atoms with van der Waals surface area (Å²) in [5.74, 6) is -0.632. The van der Waals surface area contributed by atoms with Crippen molar-refractivity contribution in [3.63, 3.8) is 0 Å². The summed E-state index contributed by atoms with van der Waals surface area (Å²) in [7, 11) is 0. The first kappa shape index (κ1) is 19.4. The quantitative estimate of drug-likeness (QED) is 0.550. The zero-order chi connectivity index (χ0) is 19.1. The fraction of sp³-hybridized carbons (Fsp3) is 0.176. The fourth-order valence-corrected chi connectivity index (χ4v) is 2.53. The van der Waals surface area contributed by atoms with Gasteiger partial charge < -0.3 is 4.74 Å². The lowest BCUT2D eigenvalue weighted by Gasteiger charge is -2.10. The molecule has 0 saturated heterocycles. The number of hydrogen-bond donors (Lipinski definition) is 2. The Hall–Kier alpha value is -2.94. The molecular weight excluding hydrogens is 406 g/mol. The van der Waals surface area contributed by atoms with Gasteiger partial charge in [0.2, 0.25) is 0 Å². The van der Waals surface area contributed by atoms with E-state index in [0.717, 1.165) is 16.5 Å². The van der Waals surface area contributed by atoms with E-state index in [1.54, 1.807) is 6.07 Å². The van der Waals surface area contributed by atoms with Crippen LogP contribution in [0.2, 0.25) is 0 Å². The van der Waals surface area contributed by atoms with Crippen LogP contribution in [-0.4, -0.2) is 23.3 Å². The summed E-state index contributed by atoms with van der Waals surface area (Å²) in [6.45, 7) is 1.74. The SMILES string of the molecule is CCc1ccc(OCC(=O)NNC(=O)c2ccc([N+](=O)[O-])cc2)c(Br)c1. The summed E-state index contributed by atoms with van der Waals surface area (Å²) in [5, 5.41) is 10.6. The molecule has 0 atom stereocenters. The minimum atomic E-state index is -0.596. The van der Waals surface area contributed by atoms with Gasteiger partial charge in [0, 0.05) is 17.7 Å². The summed E-state index contributed by atoms with van der Waals surface area (Å²) >= 11 is 3.37. The molecule has 136 valence electrons. The molecule has 0 bridgehead atoms. The number of nitrogens with one attached hydrogen (secondary N) is 2. The standard InChI is InChI=1S/C17H16BrN3O5/c1-2-11-3-8-15(14(18)9-11)26-10-16(22)19-20-17(23)12-4-6-13(7-5-12)21(24)25/h3-9H,2,10H2,1H3,(H,19,22)(H,20,23).